The molecule has 0 fully saturated rings. The lowest BCUT2D eigenvalue weighted by Crippen LogP contribution is -2.29. The van der Waals surface area contributed by atoms with Gasteiger partial charge in [-0.3, -0.25) is 24.9 Å². The van der Waals surface area contributed by atoms with Crippen LogP contribution < -0.4 is 9.64 Å². The number of hydrogen-bond acceptors (Lipinski definition) is 7. The number of aromatic amines is 1. The van der Waals surface area contributed by atoms with Crippen LogP contribution in [-0.2, 0) is 4.74 Å². The van der Waals surface area contributed by atoms with Crippen LogP contribution in [0.3, 0.4) is 0 Å². The van der Waals surface area contributed by atoms with E-state index in [-0.39, 0.29) is 18.2 Å². The highest BCUT2D eigenvalue weighted by Crippen LogP contribution is 2.45. The molecular weight excluding hydrogens is 488 g/mol. The van der Waals surface area contributed by atoms with Crippen LogP contribution in [0.15, 0.2) is 72.8 Å². The number of esters is 1. The van der Waals surface area contributed by atoms with E-state index >= 15 is 0 Å². The molecule has 1 aliphatic heterocycles. The fraction of sp³-hybridized carbons (Fsp3) is 0.179. The number of rotatable bonds is 8. The van der Waals surface area contributed by atoms with Crippen LogP contribution in [0.1, 0.15) is 51.9 Å². The van der Waals surface area contributed by atoms with Crippen LogP contribution in [-0.4, -0.2) is 40.2 Å². The summed E-state index contributed by atoms with van der Waals surface area (Å²) in [7, 11) is 0. The molecule has 1 aromatic heterocycles. The van der Waals surface area contributed by atoms with Crippen molar-refractivity contribution in [3.05, 3.63) is 105 Å². The van der Waals surface area contributed by atoms with Gasteiger partial charge < -0.3 is 9.47 Å². The Morgan fingerprint density at radius 1 is 1.05 bits per heavy atom. The smallest absolute Gasteiger partial charge is 0.338 e. The Kier molecular flexibility index (Phi) is 6.61. The molecule has 38 heavy (non-hydrogen) atoms. The van der Waals surface area contributed by atoms with Gasteiger partial charge >= 0.3 is 5.97 Å². The molecule has 0 aliphatic carbocycles. The zero-order chi connectivity index (χ0) is 26.8. The number of ether oxygens (including phenoxy) is 2. The highest BCUT2D eigenvalue weighted by molar-refractivity contribution is 6.12. The zero-order valence-electron chi connectivity index (χ0n) is 20.7. The summed E-state index contributed by atoms with van der Waals surface area (Å²) in [5.41, 5.74) is 3.54. The van der Waals surface area contributed by atoms with E-state index in [1.54, 1.807) is 48.2 Å². The van der Waals surface area contributed by atoms with E-state index in [0.29, 0.717) is 46.1 Å². The van der Waals surface area contributed by atoms with E-state index in [1.165, 1.54) is 12.1 Å². The first-order valence-electron chi connectivity index (χ1n) is 12.1. The second kappa shape index (κ2) is 10.2. The maximum atomic E-state index is 13.7. The molecule has 0 bridgehead atoms. The third kappa shape index (κ3) is 4.36. The van der Waals surface area contributed by atoms with E-state index in [4.69, 9.17) is 9.47 Å². The molecule has 192 valence electrons. The quantitative estimate of drug-likeness (QED) is 0.192. The first-order chi connectivity index (χ1) is 18.4. The molecule has 1 amide bonds. The Labute approximate surface area is 218 Å². The van der Waals surface area contributed by atoms with Crippen molar-refractivity contribution in [2.75, 3.05) is 18.1 Å². The van der Waals surface area contributed by atoms with Crippen molar-refractivity contribution in [1.29, 1.82) is 0 Å². The minimum atomic E-state index is -0.703. The largest absolute Gasteiger partial charge is 0.494 e. The van der Waals surface area contributed by atoms with Crippen LogP contribution in [0.2, 0.25) is 0 Å². The van der Waals surface area contributed by atoms with E-state index in [9.17, 15) is 19.7 Å². The van der Waals surface area contributed by atoms with Crippen molar-refractivity contribution >= 4 is 23.3 Å². The summed E-state index contributed by atoms with van der Waals surface area (Å²) in [6.07, 6.45) is 0. The van der Waals surface area contributed by atoms with Gasteiger partial charge in [0.2, 0.25) is 0 Å². The maximum absolute atomic E-state index is 13.7. The van der Waals surface area contributed by atoms with Crippen LogP contribution in [0.5, 0.6) is 5.75 Å². The Hall–Kier alpha value is -4.99. The summed E-state index contributed by atoms with van der Waals surface area (Å²) in [5, 5.41) is 18.9. The third-order valence-electron chi connectivity index (χ3n) is 6.26. The minimum Gasteiger partial charge on any atom is -0.494 e. The number of aromatic nitrogens is 2. The van der Waals surface area contributed by atoms with Crippen molar-refractivity contribution in [2.45, 2.75) is 19.9 Å². The molecule has 2 heterocycles. The number of nitro groups is 1. The van der Waals surface area contributed by atoms with Gasteiger partial charge in [-0.1, -0.05) is 12.1 Å². The van der Waals surface area contributed by atoms with Crippen LogP contribution >= 0.6 is 0 Å². The molecule has 0 radical (unpaired) electrons. The molecule has 1 aliphatic rings. The number of carbonyl (C=O) groups is 2. The average molecular weight is 513 g/mol. The molecule has 5 rings (SSSR count). The topological polar surface area (TPSA) is 128 Å². The molecule has 10 nitrogen and oxygen atoms in total. The molecule has 4 aromatic rings. The molecule has 1 N–H and O–H groups in total. The predicted octanol–water partition coefficient (Wildman–Crippen LogP) is 5.31. The summed E-state index contributed by atoms with van der Waals surface area (Å²) in [6, 6.07) is 19.3. The molecule has 0 saturated carbocycles. The Balaban J connectivity index is 1.63. The molecule has 1 atom stereocenters. The minimum absolute atomic E-state index is 0.0906. The number of hydrogen-bond donors (Lipinski definition) is 1. The summed E-state index contributed by atoms with van der Waals surface area (Å²) < 4.78 is 10.6. The number of carbonyl (C=O) groups excluding carboxylic acids is 2. The number of non-ortho nitro benzene ring substituents is 1. The standard InChI is InChI=1S/C28H24N4O6/c1-3-37-22-14-10-17(11-15-22)24-23-25(30-29-24)27(33)31(20-12-8-18(9-13-20)28(34)38-4-2)26(23)19-6-5-7-21(16-19)32(35)36/h5-16,26H,3-4H2,1-2H3,(H,29,30). The lowest BCUT2D eigenvalue weighted by Gasteiger charge is -2.26. The van der Waals surface area contributed by atoms with Gasteiger partial charge in [-0.2, -0.15) is 5.10 Å². The first kappa shape index (κ1) is 24.7. The predicted molar refractivity (Wildman–Crippen MR) is 139 cm³/mol. The summed E-state index contributed by atoms with van der Waals surface area (Å²) in [6.45, 7) is 4.40. The zero-order valence-corrected chi connectivity index (χ0v) is 20.7. The van der Waals surface area contributed by atoms with Gasteiger partial charge in [0, 0.05) is 28.9 Å². The van der Waals surface area contributed by atoms with Crippen LogP contribution in [0, 0.1) is 10.1 Å². The first-order valence-corrected chi connectivity index (χ1v) is 12.1. The number of benzene rings is 3. The van der Waals surface area contributed by atoms with Gasteiger partial charge in [0.15, 0.2) is 0 Å². The molecule has 0 spiro atoms. The van der Waals surface area contributed by atoms with E-state index in [0.717, 1.165) is 5.56 Å². The second-order valence-electron chi connectivity index (χ2n) is 8.52. The molecular formula is C28H24N4O6. The SMILES string of the molecule is CCOC(=O)c1ccc(N2C(=O)c3[nH]nc(-c4ccc(OCC)cc4)c3C2c2cccc([N+](=O)[O-])c2)cc1. The average Bonchev–Trinajstić information content (AvgIpc) is 3.48. The Morgan fingerprint density at radius 2 is 1.79 bits per heavy atom. The fourth-order valence-corrected chi connectivity index (χ4v) is 4.61. The van der Waals surface area contributed by atoms with Crippen LogP contribution in [0.4, 0.5) is 11.4 Å². The normalized spacial score (nSPS) is 14.3. The van der Waals surface area contributed by atoms with Crippen LogP contribution in [0.25, 0.3) is 11.3 Å². The van der Waals surface area contributed by atoms with Gasteiger partial charge in [-0.25, -0.2) is 4.79 Å². The van der Waals surface area contributed by atoms with E-state index in [1.807, 2.05) is 31.2 Å². The highest BCUT2D eigenvalue weighted by Gasteiger charge is 2.43. The maximum Gasteiger partial charge on any atom is 0.338 e. The Bertz CT molecular complexity index is 1510. The van der Waals surface area contributed by atoms with Gasteiger partial charge in [0.05, 0.1) is 35.4 Å². The van der Waals surface area contributed by atoms with E-state index < -0.39 is 16.9 Å². The second-order valence-corrected chi connectivity index (χ2v) is 8.52. The van der Waals surface area contributed by atoms with Gasteiger partial charge in [-0.05, 0) is 67.9 Å². The van der Waals surface area contributed by atoms with Gasteiger partial charge in [-0.15, -0.1) is 0 Å². The molecule has 1 unspecified atom stereocenters. The number of amides is 1. The third-order valence-corrected chi connectivity index (χ3v) is 6.26. The summed E-state index contributed by atoms with van der Waals surface area (Å²) >= 11 is 0. The highest BCUT2D eigenvalue weighted by atomic mass is 16.6. The van der Waals surface area contributed by atoms with E-state index in [2.05, 4.69) is 10.2 Å². The number of fused-ring (bicyclic) bond motifs is 1. The monoisotopic (exact) mass is 512 g/mol. The summed E-state index contributed by atoms with van der Waals surface area (Å²) in [4.78, 5) is 38.5. The lowest BCUT2D eigenvalue weighted by molar-refractivity contribution is -0.384. The van der Waals surface area contributed by atoms with Crippen molar-refractivity contribution in [3.8, 4) is 17.0 Å². The fourth-order valence-electron chi connectivity index (χ4n) is 4.61. The van der Waals surface area contributed by atoms with Crippen molar-refractivity contribution in [3.63, 3.8) is 0 Å². The number of nitro benzene ring substituents is 1. The number of nitrogens with zero attached hydrogens (tertiary/aromatic N) is 3. The number of H-pyrrole nitrogens is 1. The Morgan fingerprint density at radius 3 is 2.45 bits per heavy atom. The number of anilines is 1. The summed E-state index contributed by atoms with van der Waals surface area (Å²) in [5.74, 6) is -0.0997. The molecule has 0 saturated heterocycles. The van der Waals surface area contributed by atoms with Crippen molar-refractivity contribution < 1.29 is 24.0 Å². The molecule has 10 heteroatoms. The van der Waals surface area contributed by atoms with Gasteiger partial charge in [0.1, 0.15) is 11.4 Å². The van der Waals surface area contributed by atoms with Gasteiger partial charge in [0.25, 0.3) is 11.6 Å². The van der Waals surface area contributed by atoms with Crippen molar-refractivity contribution in [1.82, 2.24) is 10.2 Å². The van der Waals surface area contributed by atoms with Crippen molar-refractivity contribution in [2.24, 2.45) is 0 Å². The number of nitrogens with one attached hydrogen (secondary N) is 1. The molecule has 3 aromatic carbocycles. The lowest BCUT2D eigenvalue weighted by atomic mass is 9.95.